The fourth-order valence-electron chi connectivity index (χ4n) is 6.05. The summed E-state index contributed by atoms with van der Waals surface area (Å²) in [5.41, 5.74) is 4.88. The van der Waals surface area contributed by atoms with E-state index in [0.29, 0.717) is 21.9 Å². The maximum Gasteiger partial charge on any atom is 0.230 e. The van der Waals surface area contributed by atoms with Gasteiger partial charge in [0, 0.05) is 27.4 Å². The molecule has 0 saturated heterocycles. The minimum Gasteiger partial charge on any atom is -0.463 e. The van der Waals surface area contributed by atoms with E-state index in [1.807, 2.05) is 62.4 Å². The fraction of sp³-hybridized carbons (Fsp3) is 0.206. The van der Waals surface area contributed by atoms with Crippen molar-refractivity contribution in [2.45, 2.75) is 45.8 Å². The molecule has 1 unspecified atom stereocenters. The predicted octanol–water partition coefficient (Wildman–Crippen LogP) is 7.27. The molecule has 2 aliphatic rings. The largest absolute Gasteiger partial charge is 0.463 e. The number of hydrogen-bond donors (Lipinski definition) is 1. The van der Waals surface area contributed by atoms with Gasteiger partial charge in [0.1, 0.15) is 5.75 Å². The van der Waals surface area contributed by atoms with Crippen LogP contribution in [0.2, 0.25) is 0 Å². The molecule has 0 bridgehead atoms. The van der Waals surface area contributed by atoms with Crippen LogP contribution in [0.1, 0.15) is 52.0 Å². The van der Waals surface area contributed by atoms with Gasteiger partial charge >= 0.3 is 0 Å². The van der Waals surface area contributed by atoms with Gasteiger partial charge in [0.15, 0.2) is 0 Å². The average molecular weight is 534 g/mol. The Bertz CT molecular complexity index is 1660. The number of anilines is 1. The molecule has 1 atom stereocenters. The lowest BCUT2D eigenvalue weighted by molar-refractivity contribution is 0.0821. The summed E-state index contributed by atoms with van der Waals surface area (Å²) in [5.74, 6) is 0.711. The zero-order valence-corrected chi connectivity index (χ0v) is 23.8. The third kappa shape index (κ3) is 3.66. The topological polar surface area (TPSA) is 55.4 Å². The second-order valence-corrected chi connectivity index (χ2v) is 13.8. The zero-order valence-electron chi connectivity index (χ0n) is 22.9. The number of fused-ring (bicyclic) bond motifs is 2. The summed E-state index contributed by atoms with van der Waals surface area (Å²) < 4.78 is 21.6. The minimum atomic E-state index is -3.64. The number of carbonyl (C=O) groups excluding carboxylic acids is 1. The lowest BCUT2D eigenvalue weighted by Crippen LogP contribution is -2.53. The molecule has 2 aliphatic heterocycles. The molecular formula is C34H32NO3P. The molecule has 196 valence electrons. The van der Waals surface area contributed by atoms with E-state index in [-0.39, 0.29) is 10.9 Å². The van der Waals surface area contributed by atoms with Crippen LogP contribution < -0.4 is 20.7 Å². The van der Waals surface area contributed by atoms with Gasteiger partial charge in [-0.15, -0.1) is 0 Å². The lowest BCUT2D eigenvalue weighted by Gasteiger charge is -2.42. The number of nitrogens with one attached hydrogen (secondary N) is 1. The fourth-order valence-corrected chi connectivity index (χ4v) is 8.66. The molecule has 6 rings (SSSR count). The minimum absolute atomic E-state index is 0.338. The monoisotopic (exact) mass is 533 g/mol. The molecule has 4 aromatic carbocycles. The summed E-state index contributed by atoms with van der Waals surface area (Å²) in [6.45, 7) is 10.3. The van der Waals surface area contributed by atoms with Crippen molar-refractivity contribution in [3.8, 4) is 5.75 Å². The summed E-state index contributed by atoms with van der Waals surface area (Å²) in [6.07, 6.45) is 4.11. The highest BCUT2D eigenvalue weighted by atomic mass is 31.2. The van der Waals surface area contributed by atoms with E-state index in [2.05, 4.69) is 50.4 Å². The number of hydrogen-bond acceptors (Lipinski definition) is 4. The van der Waals surface area contributed by atoms with Gasteiger partial charge in [-0.3, -0.25) is 4.79 Å². The number of aryl methyl sites for hydroxylation is 2. The van der Waals surface area contributed by atoms with Crippen LogP contribution in [0.15, 0.2) is 91.0 Å². The van der Waals surface area contributed by atoms with Gasteiger partial charge in [0.25, 0.3) is 0 Å². The lowest BCUT2D eigenvalue weighted by atomic mass is 9.76. The van der Waals surface area contributed by atoms with Crippen LogP contribution in [0.5, 0.6) is 5.75 Å². The first-order chi connectivity index (χ1) is 18.6. The maximum absolute atomic E-state index is 14.8. The van der Waals surface area contributed by atoms with Crippen molar-refractivity contribution >= 4 is 35.0 Å². The molecule has 1 spiro atoms. The average Bonchev–Trinajstić information content (AvgIpc) is 3.14. The van der Waals surface area contributed by atoms with E-state index in [9.17, 15) is 9.36 Å². The SMILES string of the molecule is Cc1ccc2c(c1)C(C)(C)C1(C=Cc3c(cc(C)c(C(=O)P(=O)(c4ccccc4)c4ccccc4)c3C)O1)N2. The third-order valence-corrected chi connectivity index (χ3v) is 11.2. The van der Waals surface area contributed by atoms with Crippen LogP contribution in [0, 0.1) is 20.8 Å². The van der Waals surface area contributed by atoms with Crippen molar-refractivity contribution in [1.82, 2.24) is 0 Å². The van der Waals surface area contributed by atoms with E-state index < -0.39 is 12.9 Å². The Kier molecular flexibility index (Phi) is 5.75. The first kappa shape index (κ1) is 25.4. The van der Waals surface area contributed by atoms with Gasteiger partial charge in [-0.05, 0) is 75.6 Å². The Balaban J connectivity index is 1.47. The summed E-state index contributed by atoms with van der Waals surface area (Å²) in [7, 11) is -3.64. The predicted molar refractivity (Wildman–Crippen MR) is 160 cm³/mol. The molecule has 1 N–H and O–H groups in total. The second-order valence-electron chi connectivity index (χ2n) is 11.2. The van der Waals surface area contributed by atoms with Crippen LogP contribution in [-0.2, 0) is 9.98 Å². The standard InChI is InChI=1S/C34H32NO3P/c1-22-16-17-29-28(20-22)33(4,5)34(35-29)19-18-27-24(3)31(23(2)21-30(27)38-34)32(36)39(37,25-12-8-6-9-13-25)26-14-10-7-11-15-26/h6-21,35H,1-5H3. The van der Waals surface area contributed by atoms with E-state index in [1.54, 1.807) is 24.3 Å². The van der Waals surface area contributed by atoms with Gasteiger partial charge in [-0.2, -0.15) is 0 Å². The van der Waals surface area contributed by atoms with E-state index in [4.69, 9.17) is 4.74 Å². The van der Waals surface area contributed by atoms with Crippen molar-refractivity contribution in [2.75, 3.05) is 5.32 Å². The molecule has 39 heavy (non-hydrogen) atoms. The smallest absolute Gasteiger partial charge is 0.230 e. The number of ether oxygens (including phenoxy) is 1. The third-order valence-electron chi connectivity index (χ3n) is 8.38. The van der Waals surface area contributed by atoms with Crippen molar-refractivity contribution < 1.29 is 14.1 Å². The highest BCUT2D eigenvalue weighted by Gasteiger charge is 2.54. The van der Waals surface area contributed by atoms with E-state index >= 15 is 0 Å². The van der Waals surface area contributed by atoms with Gasteiger partial charge in [0.2, 0.25) is 18.4 Å². The normalized spacial score (nSPS) is 18.7. The first-order valence-corrected chi connectivity index (χ1v) is 15.0. The number of benzene rings is 4. The summed E-state index contributed by atoms with van der Waals surface area (Å²) in [5, 5.41) is 4.70. The molecule has 4 aromatic rings. The van der Waals surface area contributed by atoms with E-state index in [1.165, 1.54) is 11.1 Å². The maximum atomic E-state index is 14.8. The summed E-state index contributed by atoms with van der Waals surface area (Å²) in [4.78, 5) is 14.4. The van der Waals surface area contributed by atoms with Gasteiger partial charge in [-0.25, -0.2) is 0 Å². The molecule has 0 saturated carbocycles. The highest BCUT2D eigenvalue weighted by Crippen LogP contribution is 2.53. The van der Waals surface area contributed by atoms with Crippen LogP contribution in [0.25, 0.3) is 6.08 Å². The van der Waals surface area contributed by atoms with E-state index in [0.717, 1.165) is 22.4 Å². The Labute approximate surface area is 230 Å². The molecule has 0 amide bonds. The van der Waals surface area contributed by atoms with Crippen molar-refractivity contribution in [2.24, 2.45) is 0 Å². The van der Waals surface area contributed by atoms with Gasteiger partial charge < -0.3 is 14.6 Å². The first-order valence-electron chi connectivity index (χ1n) is 13.3. The van der Waals surface area contributed by atoms with Crippen LogP contribution in [-0.4, -0.2) is 11.2 Å². The molecule has 0 aromatic heterocycles. The molecule has 0 fully saturated rings. The second kappa shape index (κ2) is 8.83. The molecule has 2 heterocycles. The quantitative estimate of drug-likeness (QED) is 0.280. The highest BCUT2D eigenvalue weighted by molar-refractivity contribution is 7.93. The van der Waals surface area contributed by atoms with Crippen molar-refractivity contribution in [3.05, 3.63) is 124 Å². The van der Waals surface area contributed by atoms with Crippen molar-refractivity contribution in [1.29, 1.82) is 0 Å². The summed E-state index contributed by atoms with van der Waals surface area (Å²) >= 11 is 0. The van der Waals surface area contributed by atoms with Gasteiger partial charge in [-0.1, -0.05) is 78.4 Å². The molecule has 0 radical (unpaired) electrons. The molecule has 5 heteroatoms. The van der Waals surface area contributed by atoms with Crippen LogP contribution in [0.3, 0.4) is 0 Å². The Hall–Kier alpha value is -3.88. The van der Waals surface area contributed by atoms with Crippen LogP contribution >= 0.6 is 7.14 Å². The Morgan fingerprint density at radius 1 is 0.846 bits per heavy atom. The molecule has 4 nitrogen and oxygen atoms in total. The Morgan fingerprint density at radius 3 is 2.08 bits per heavy atom. The molecule has 0 aliphatic carbocycles. The zero-order chi connectivity index (χ0) is 27.6. The Morgan fingerprint density at radius 2 is 1.46 bits per heavy atom. The number of carbonyl (C=O) groups is 1. The molecular weight excluding hydrogens is 501 g/mol. The van der Waals surface area contributed by atoms with Gasteiger partial charge in [0.05, 0.1) is 5.41 Å². The van der Waals surface area contributed by atoms with Crippen LogP contribution in [0.4, 0.5) is 5.69 Å². The summed E-state index contributed by atoms with van der Waals surface area (Å²) in [6, 6.07) is 26.6. The number of rotatable bonds is 4. The van der Waals surface area contributed by atoms with Crippen molar-refractivity contribution in [3.63, 3.8) is 0 Å².